The maximum atomic E-state index is 5.98. The lowest BCUT2D eigenvalue weighted by atomic mass is 9.97. The van der Waals surface area contributed by atoms with Crippen molar-refractivity contribution in [1.82, 2.24) is 10.3 Å². The number of nitrogens with zero attached hydrogens (tertiary/aromatic N) is 1. The molecule has 0 radical (unpaired) electrons. The average molecular weight is 291 g/mol. The molecular formula is C17H29N3O. The number of hydrazine groups is 1. The summed E-state index contributed by atoms with van der Waals surface area (Å²) >= 11 is 0. The molecule has 1 aliphatic heterocycles. The lowest BCUT2D eigenvalue weighted by Crippen LogP contribution is -2.49. The summed E-state index contributed by atoms with van der Waals surface area (Å²) in [7, 11) is 0. The van der Waals surface area contributed by atoms with E-state index in [1.807, 2.05) is 0 Å². The number of nitrogens with two attached hydrogens (primary N) is 1. The zero-order valence-corrected chi connectivity index (χ0v) is 13.3. The quantitative estimate of drug-likeness (QED) is 0.597. The zero-order chi connectivity index (χ0) is 15.1. The zero-order valence-electron chi connectivity index (χ0n) is 13.3. The first-order valence-electron chi connectivity index (χ1n) is 8.17. The van der Waals surface area contributed by atoms with E-state index in [4.69, 9.17) is 10.6 Å². The lowest BCUT2D eigenvalue weighted by molar-refractivity contribution is -0.0471. The topological polar surface area (TPSA) is 50.5 Å². The number of rotatable bonds is 7. The average Bonchev–Trinajstić information content (AvgIpc) is 2.50. The Morgan fingerprint density at radius 2 is 2.24 bits per heavy atom. The van der Waals surface area contributed by atoms with Crippen molar-refractivity contribution in [3.05, 3.63) is 35.4 Å². The molecule has 0 saturated carbocycles. The highest BCUT2D eigenvalue weighted by Crippen LogP contribution is 2.23. The Labute approximate surface area is 128 Å². The van der Waals surface area contributed by atoms with E-state index in [1.165, 1.54) is 17.5 Å². The van der Waals surface area contributed by atoms with Gasteiger partial charge in [0.05, 0.1) is 18.8 Å². The van der Waals surface area contributed by atoms with Crippen LogP contribution in [0, 0.1) is 0 Å². The van der Waals surface area contributed by atoms with Gasteiger partial charge in [0.25, 0.3) is 0 Å². The van der Waals surface area contributed by atoms with Gasteiger partial charge in [0.2, 0.25) is 0 Å². The Hall–Kier alpha value is -0.940. The van der Waals surface area contributed by atoms with Crippen LogP contribution in [0.5, 0.6) is 0 Å². The molecule has 3 N–H and O–H groups in total. The van der Waals surface area contributed by atoms with E-state index >= 15 is 0 Å². The molecule has 1 aromatic rings. The van der Waals surface area contributed by atoms with Crippen molar-refractivity contribution in [3.8, 4) is 0 Å². The Bertz CT molecular complexity index is 422. The summed E-state index contributed by atoms with van der Waals surface area (Å²) in [6.07, 6.45) is 3.57. The third-order valence-electron chi connectivity index (χ3n) is 4.12. The Kier molecular flexibility index (Phi) is 6.64. The highest BCUT2D eigenvalue weighted by atomic mass is 16.5. The minimum absolute atomic E-state index is 0.0569. The van der Waals surface area contributed by atoms with Crippen LogP contribution in [0.3, 0.4) is 0 Å². The third kappa shape index (κ3) is 4.51. The first-order chi connectivity index (χ1) is 10.3. The normalized spacial score (nSPS) is 21.4. The van der Waals surface area contributed by atoms with Gasteiger partial charge >= 0.3 is 0 Å². The SMILES string of the molecule is CCCc1cccc(C(NN)C2CN(CCC)CCO2)c1. The Balaban J connectivity index is 2.09. The number of hydrogen-bond donors (Lipinski definition) is 2. The predicted octanol–water partition coefficient (Wildman–Crippen LogP) is 2.25. The van der Waals surface area contributed by atoms with Crippen LogP contribution in [0.25, 0.3) is 0 Å². The summed E-state index contributed by atoms with van der Waals surface area (Å²) in [6, 6.07) is 8.77. The van der Waals surface area contributed by atoms with Crippen molar-refractivity contribution in [2.24, 2.45) is 5.84 Å². The Morgan fingerprint density at radius 3 is 2.95 bits per heavy atom. The van der Waals surface area contributed by atoms with Gasteiger partial charge in [-0.05, 0) is 30.5 Å². The largest absolute Gasteiger partial charge is 0.374 e. The van der Waals surface area contributed by atoms with Crippen LogP contribution in [-0.2, 0) is 11.2 Å². The van der Waals surface area contributed by atoms with E-state index in [0.717, 1.165) is 39.1 Å². The molecule has 1 aliphatic rings. The molecule has 21 heavy (non-hydrogen) atoms. The molecule has 0 aliphatic carbocycles. The second-order valence-corrected chi connectivity index (χ2v) is 5.85. The van der Waals surface area contributed by atoms with Crippen LogP contribution < -0.4 is 11.3 Å². The molecular weight excluding hydrogens is 262 g/mol. The highest BCUT2D eigenvalue weighted by Gasteiger charge is 2.28. The fourth-order valence-electron chi connectivity index (χ4n) is 3.10. The van der Waals surface area contributed by atoms with E-state index in [1.54, 1.807) is 0 Å². The monoisotopic (exact) mass is 291 g/mol. The smallest absolute Gasteiger partial charge is 0.0909 e. The molecule has 0 amide bonds. The summed E-state index contributed by atoms with van der Waals surface area (Å²) in [5.41, 5.74) is 5.57. The lowest BCUT2D eigenvalue weighted by Gasteiger charge is -2.37. The van der Waals surface area contributed by atoms with Crippen molar-refractivity contribution in [3.63, 3.8) is 0 Å². The van der Waals surface area contributed by atoms with Gasteiger partial charge in [0.1, 0.15) is 0 Å². The first kappa shape index (κ1) is 16.4. The van der Waals surface area contributed by atoms with E-state index in [-0.39, 0.29) is 12.1 Å². The van der Waals surface area contributed by atoms with E-state index in [0.29, 0.717) is 0 Å². The molecule has 2 unspecified atom stereocenters. The van der Waals surface area contributed by atoms with Gasteiger partial charge in [-0.15, -0.1) is 0 Å². The third-order valence-corrected chi connectivity index (χ3v) is 4.12. The first-order valence-corrected chi connectivity index (χ1v) is 8.17. The second kappa shape index (κ2) is 8.49. The number of hydrogen-bond acceptors (Lipinski definition) is 4. The molecule has 2 atom stereocenters. The van der Waals surface area contributed by atoms with Crippen molar-refractivity contribution >= 4 is 0 Å². The van der Waals surface area contributed by atoms with Crippen molar-refractivity contribution < 1.29 is 4.74 Å². The Morgan fingerprint density at radius 1 is 1.38 bits per heavy atom. The number of nitrogens with one attached hydrogen (secondary N) is 1. The summed E-state index contributed by atoms with van der Waals surface area (Å²) in [5, 5.41) is 0. The molecule has 1 heterocycles. The molecule has 4 heteroatoms. The molecule has 4 nitrogen and oxygen atoms in total. The molecule has 0 spiro atoms. The summed E-state index contributed by atoms with van der Waals surface area (Å²) in [4.78, 5) is 2.47. The fourth-order valence-corrected chi connectivity index (χ4v) is 3.10. The number of aryl methyl sites for hydroxylation is 1. The summed E-state index contributed by atoms with van der Waals surface area (Å²) in [5.74, 6) is 5.83. The predicted molar refractivity (Wildman–Crippen MR) is 87.0 cm³/mol. The fraction of sp³-hybridized carbons (Fsp3) is 0.647. The van der Waals surface area contributed by atoms with Gasteiger partial charge < -0.3 is 4.74 Å². The number of benzene rings is 1. The second-order valence-electron chi connectivity index (χ2n) is 5.85. The minimum atomic E-state index is 0.0569. The maximum Gasteiger partial charge on any atom is 0.0909 e. The van der Waals surface area contributed by atoms with Crippen molar-refractivity contribution in [1.29, 1.82) is 0 Å². The number of morpholine rings is 1. The summed E-state index contributed by atoms with van der Waals surface area (Å²) in [6.45, 7) is 8.32. The van der Waals surface area contributed by atoms with E-state index in [2.05, 4.69) is 48.4 Å². The molecule has 0 aromatic heterocycles. The molecule has 118 valence electrons. The van der Waals surface area contributed by atoms with Gasteiger partial charge in [-0.1, -0.05) is 44.5 Å². The highest BCUT2D eigenvalue weighted by molar-refractivity contribution is 5.27. The molecule has 2 rings (SSSR count). The maximum absolute atomic E-state index is 5.98. The van der Waals surface area contributed by atoms with Crippen LogP contribution in [0.4, 0.5) is 0 Å². The molecule has 0 bridgehead atoms. The van der Waals surface area contributed by atoms with Crippen molar-refractivity contribution in [2.75, 3.05) is 26.2 Å². The van der Waals surface area contributed by atoms with Gasteiger partial charge in [-0.25, -0.2) is 0 Å². The van der Waals surface area contributed by atoms with Crippen LogP contribution in [0.1, 0.15) is 43.9 Å². The van der Waals surface area contributed by atoms with Crippen LogP contribution in [0.2, 0.25) is 0 Å². The van der Waals surface area contributed by atoms with Gasteiger partial charge in [0, 0.05) is 13.1 Å². The molecule has 1 saturated heterocycles. The van der Waals surface area contributed by atoms with Gasteiger partial charge in [-0.2, -0.15) is 0 Å². The van der Waals surface area contributed by atoms with Gasteiger partial charge in [0.15, 0.2) is 0 Å². The minimum Gasteiger partial charge on any atom is -0.374 e. The van der Waals surface area contributed by atoms with E-state index in [9.17, 15) is 0 Å². The van der Waals surface area contributed by atoms with Gasteiger partial charge in [-0.3, -0.25) is 16.2 Å². The molecule has 1 aromatic carbocycles. The van der Waals surface area contributed by atoms with E-state index < -0.39 is 0 Å². The van der Waals surface area contributed by atoms with Crippen molar-refractivity contribution in [2.45, 2.75) is 45.3 Å². The number of ether oxygens (including phenoxy) is 1. The van der Waals surface area contributed by atoms with Crippen LogP contribution >= 0.6 is 0 Å². The van der Waals surface area contributed by atoms with Crippen LogP contribution in [0.15, 0.2) is 24.3 Å². The van der Waals surface area contributed by atoms with Crippen LogP contribution in [-0.4, -0.2) is 37.2 Å². The molecule has 1 fully saturated rings. The standard InChI is InChI=1S/C17H29N3O/c1-3-6-14-7-5-8-15(12-14)17(19-18)16-13-20(9-4-2)10-11-21-16/h5,7-8,12,16-17,19H,3-4,6,9-11,13,18H2,1-2H3. The summed E-state index contributed by atoms with van der Waals surface area (Å²) < 4.78 is 5.98.